The molecule has 17 heavy (non-hydrogen) atoms. The molecular formula is C9H7ClF3NO3. The molecule has 0 saturated heterocycles. The van der Waals surface area contributed by atoms with Gasteiger partial charge in [-0.2, -0.15) is 0 Å². The van der Waals surface area contributed by atoms with Crippen molar-refractivity contribution in [2.75, 3.05) is 11.9 Å². The molecule has 1 aromatic rings. The Kier molecular flexibility index (Phi) is 4.06. The average molecular weight is 270 g/mol. The molecule has 0 unspecified atom stereocenters. The second kappa shape index (κ2) is 5.13. The Hall–Kier alpha value is -1.63. The van der Waals surface area contributed by atoms with Gasteiger partial charge in [0.25, 0.3) is 0 Å². The van der Waals surface area contributed by atoms with Gasteiger partial charge in [-0.15, -0.1) is 13.2 Å². The molecule has 0 amide bonds. The molecule has 0 saturated carbocycles. The monoisotopic (exact) mass is 269 g/mol. The van der Waals surface area contributed by atoms with E-state index < -0.39 is 18.1 Å². The summed E-state index contributed by atoms with van der Waals surface area (Å²) in [5, 5.41) is 10.8. The van der Waals surface area contributed by atoms with Crippen molar-refractivity contribution < 1.29 is 27.8 Å². The number of alkyl halides is 3. The summed E-state index contributed by atoms with van der Waals surface area (Å²) in [6.45, 7) is -0.390. The molecule has 0 aliphatic rings. The van der Waals surface area contributed by atoms with Crippen molar-refractivity contribution in [3.63, 3.8) is 0 Å². The normalized spacial score (nSPS) is 11.1. The van der Waals surface area contributed by atoms with Crippen molar-refractivity contribution >= 4 is 23.3 Å². The van der Waals surface area contributed by atoms with Crippen LogP contribution in [-0.4, -0.2) is 24.0 Å². The van der Waals surface area contributed by atoms with Crippen LogP contribution in [0.4, 0.5) is 18.9 Å². The molecule has 0 aromatic heterocycles. The number of halogens is 4. The zero-order chi connectivity index (χ0) is 13.1. The van der Waals surface area contributed by atoms with Crippen LogP contribution in [0.15, 0.2) is 18.2 Å². The SMILES string of the molecule is O=C(O)CNc1ccc(OC(F)(F)F)cc1Cl. The quantitative estimate of drug-likeness (QED) is 0.882. The third-order valence-electron chi connectivity index (χ3n) is 1.60. The summed E-state index contributed by atoms with van der Waals surface area (Å²) in [5.74, 6) is -1.58. The van der Waals surface area contributed by atoms with E-state index in [2.05, 4.69) is 10.1 Å². The van der Waals surface area contributed by atoms with Crippen molar-refractivity contribution in [1.29, 1.82) is 0 Å². The van der Waals surface area contributed by atoms with Gasteiger partial charge in [0.2, 0.25) is 0 Å². The minimum atomic E-state index is -4.79. The zero-order valence-corrected chi connectivity index (χ0v) is 8.97. The van der Waals surface area contributed by atoms with E-state index in [4.69, 9.17) is 16.7 Å². The van der Waals surface area contributed by atoms with Gasteiger partial charge in [-0.05, 0) is 12.1 Å². The molecule has 1 aromatic carbocycles. The molecule has 0 radical (unpaired) electrons. The molecule has 8 heteroatoms. The molecule has 0 aliphatic heterocycles. The number of aliphatic carboxylic acids is 1. The lowest BCUT2D eigenvalue weighted by Gasteiger charge is -2.11. The average Bonchev–Trinajstić information content (AvgIpc) is 2.13. The van der Waals surface area contributed by atoms with Crippen LogP contribution in [-0.2, 0) is 4.79 Å². The van der Waals surface area contributed by atoms with Crippen molar-refractivity contribution in [1.82, 2.24) is 0 Å². The van der Waals surface area contributed by atoms with E-state index in [-0.39, 0.29) is 17.3 Å². The molecule has 2 N–H and O–H groups in total. The van der Waals surface area contributed by atoms with Crippen LogP contribution in [0.2, 0.25) is 5.02 Å². The van der Waals surface area contributed by atoms with Gasteiger partial charge in [0, 0.05) is 6.07 Å². The van der Waals surface area contributed by atoms with Crippen LogP contribution in [0.1, 0.15) is 0 Å². The summed E-state index contributed by atoms with van der Waals surface area (Å²) in [5.41, 5.74) is 0.212. The largest absolute Gasteiger partial charge is 0.573 e. The molecular weight excluding hydrogens is 263 g/mol. The van der Waals surface area contributed by atoms with Crippen molar-refractivity contribution in [2.45, 2.75) is 6.36 Å². The van der Waals surface area contributed by atoms with Crippen molar-refractivity contribution in [2.24, 2.45) is 0 Å². The lowest BCUT2D eigenvalue weighted by Crippen LogP contribution is -2.17. The Morgan fingerprint density at radius 2 is 2.12 bits per heavy atom. The third-order valence-corrected chi connectivity index (χ3v) is 1.92. The molecule has 0 spiro atoms. The summed E-state index contributed by atoms with van der Waals surface area (Å²) >= 11 is 5.64. The van der Waals surface area contributed by atoms with E-state index in [0.717, 1.165) is 12.1 Å². The maximum atomic E-state index is 11.9. The fraction of sp³-hybridized carbons (Fsp3) is 0.222. The van der Waals surface area contributed by atoms with Crippen LogP contribution >= 0.6 is 11.6 Å². The first-order valence-corrected chi connectivity index (χ1v) is 4.67. The number of anilines is 1. The first kappa shape index (κ1) is 13.4. The molecule has 4 nitrogen and oxygen atoms in total. The fourth-order valence-corrected chi connectivity index (χ4v) is 1.24. The highest BCUT2D eigenvalue weighted by Gasteiger charge is 2.31. The number of carbonyl (C=O) groups is 1. The molecule has 94 valence electrons. The van der Waals surface area contributed by atoms with Crippen LogP contribution in [0, 0.1) is 0 Å². The fourth-order valence-electron chi connectivity index (χ4n) is 1.01. The van der Waals surface area contributed by atoms with Crippen LogP contribution in [0.5, 0.6) is 5.75 Å². The Morgan fingerprint density at radius 1 is 1.47 bits per heavy atom. The van der Waals surface area contributed by atoms with Gasteiger partial charge in [-0.25, -0.2) is 0 Å². The number of hydrogen-bond acceptors (Lipinski definition) is 3. The molecule has 1 rings (SSSR count). The zero-order valence-electron chi connectivity index (χ0n) is 8.21. The number of hydrogen-bond donors (Lipinski definition) is 2. The number of benzene rings is 1. The standard InChI is InChI=1S/C9H7ClF3NO3/c10-6-3-5(17-9(11,12)13)1-2-7(6)14-4-8(15)16/h1-3,14H,4H2,(H,15,16). The van der Waals surface area contributed by atoms with Gasteiger partial charge in [0.1, 0.15) is 12.3 Å². The van der Waals surface area contributed by atoms with Crippen LogP contribution in [0.3, 0.4) is 0 Å². The second-order valence-electron chi connectivity index (χ2n) is 2.94. The number of nitrogens with one attached hydrogen (secondary N) is 1. The Labute approximate surface area is 98.9 Å². The van der Waals surface area contributed by atoms with E-state index in [9.17, 15) is 18.0 Å². The molecule has 0 atom stereocenters. The summed E-state index contributed by atoms with van der Waals surface area (Å²) in [4.78, 5) is 10.3. The van der Waals surface area contributed by atoms with E-state index in [0.29, 0.717) is 0 Å². The first-order chi connectivity index (χ1) is 7.78. The Balaban J connectivity index is 2.76. The maximum Gasteiger partial charge on any atom is 0.573 e. The first-order valence-electron chi connectivity index (χ1n) is 4.29. The molecule has 0 fully saturated rings. The minimum Gasteiger partial charge on any atom is -0.480 e. The van der Waals surface area contributed by atoms with Gasteiger partial charge in [0.05, 0.1) is 10.7 Å². The van der Waals surface area contributed by atoms with E-state index in [1.165, 1.54) is 6.07 Å². The molecule has 0 heterocycles. The predicted octanol–water partition coefficient (Wildman–Crippen LogP) is 2.74. The number of rotatable bonds is 4. The van der Waals surface area contributed by atoms with E-state index in [1.54, 1.807) is 0 Å². The lowest BCUT2D eigenvalue weighted by atomic mass is 10.3. The van der Waals surface area contributed by atoms with E-state index >= 15 is 0 Å². The number of carboxylic acids is 1. The summed E-state index contributed by atoms with van der Waals surface area (Å²) in [6, 6.07) is 3.18. The Morgan fingerprint density at radius 3 is 2.59 bits per heavy atom. The van der Waals surface area contributed by atoms with E-state index in [1.807, 2.05) is 0 Å². The highest BCUT2D eigenvalue weighted by atomic mass is 35.5. The van der Waals surface area contributed by atoms with Gasteiger partial charge in [-0.1, -0.05) is 11.6 Å². The third kappa shape index (κ3) is 4.81. The van der Waals surface area contributed by atoms with Crippen molar-refractivity contribution in [3.8, 4) is 5.75 Å². The molecule has 0 aliphatic carbocycles. The van der Waals surface area contributed by atoms with Gasteiger partial charge < -0.3 is 15.2 Å². The minimum absolute atomic E-state index is 0.0620. The number of ether oxygens (including phenoxy) is 1. The maximum absolute atomic E-state index is 11.9. The molecule has 0 bridgehead atoms. The highest BCUT2D eigenvalue weighted by molar-refractivity contribution is 6.33. The lowest BCUT2D eigenvalue weighted by molar-refractivity contribution is -0.274. The van der Waals surface area contributed by atoms with Crippen molar-refractivity contribution in [3.05, 3.63) is 23.2 Å². The predicted molar refractivity (Wildman–Crippen MR) is 54.3 cm³/mol. The van der Waals surface area contributed by atoms with Crippen LogP contribution in [0.25, 0.3) is 0 Å². The van der Waals surface area contributed by atoms with Crippen LogP contribution < -0.4 is 10.1 Å². The smallest absolute Gasteiger partial charge is 0.480 e. The summed E-state index contributed by atoms with van der Waals surface area (Å²) in [7, 11) is 0. The topological polar surface area (TPSA) is 58.6 Å². The second-order valence-corrected chi connectivity index (χ2v) is 3.34. The Bertz CT molecular complexity index is 422. The summed E-state index contributed by atoms with van der Waals surface area (Å²) < 4.78 is 39.2. The van der Waals surface area contributed by atoms with Gasteiger partial charge in [-0.3, -0.25) is 4.79 Å². The van der Waals surface area contributed by atoms with Gasteiger partial charge in [0.15, 0.2) is 0 Å². The summed E-state index contributed by atoms with van der Waals surface area (Å²) in [6.07, 6.45) is -4.79. The van der Waals surface area contributed by atoms with Gasteiger partial charge >= 0.3 is 12.3 Å². The highest BCUT2D eigenvalue weighted by Crippen LogP contribution is 2.30. The number of carboxylic acid groups (broad SMARTS) is 1.